The third-order valence-electron chi connectivity index (χ3n) is 6.32. The molecule has 174 valence electrons. The van der Waals surface area contributed by atoms with Gasteiger partial charge in [0.05, 0.1) is 16.1 Å². The number of carbonyl (C=O) groups is 3. The Hall–Kier alpha value is -3.64. The molecule has 1 saturated carbocycles. The summed E-state index contributed by atoms with van der Waals surface area (Å²) in [5.41, 5.74) is 2.58. The van der Waals surface area contributed by atoms with E-state index in [1.807, 2.05) is 24.3 Å². The Morgan fingerprint density at radius 1 is 0.824 bits per heavy atom. The van der Waals surface area contributed by atoms with Crippen LogP contribution in [-0.2, 0) is 4.79 Å². The lowest BCUT2D eigenvalue weighted by Crippen LogP contribution is -2.30. The van der Waals surface area contributed by atoms with Crippen molar-refractivity contribution in [1.82, 2.24) is 0 Å². The minimum atomic E-state index is -0.920. The summed E-state index contributed by atoms with van der Waals surface area (Å²) in [4.78, 5) is 36.7. The van der Waals surface area contributed by atoms with Crippen molar-refractivity contribution >= 4 is 40.8 Å². The maximum atomic E-state index is 12.7. The minimum Gasteiger partial charge on any atom is -0.481 e. The number of hydrogen-bond donors (Lipinski definition) is 3. The Balaban J connectivity index is 1.38. The maximum absolute atomic E-state index is 12.7. The van der Waals surface area contributed by atoms with Crippen molar-refractivity contribution in [2.75, 3.05) is 10.6 Å². The number of anilines is 2. The molecule has 0 bridgehead atoms. The predicted molar refractivity (Wildman–Crippen MR) is 133 cm³/mol. The number of amides is 2. The van der Waals surface area contributed by atoms with E-state index in [2.05, 4.69) is 10.6 Å². The molecule has 0 aromatic heterocycles. The first-order chi connectivity index (χ1) is 16.4. The lowest BCUT2D eigenvalue weighted by atomic mass is 9.80. The minimum absolute atomic E-state index is 0.0400. The number of carbonyl (C=O) groups excluding carboxylic acids is 2. The van der Waals surface area contributed by atoms with Crippen molar-refractivity contribution in [3.8, 4) is 11.1 Å². The summed E-state index contributed by atoms with van der Waals surface area (Å²) in [5.74, 6) is -1.01. The second kappa shape index (κ2) is 10.1. The number of carboxylic acids is 1. The standard InChI is InChI=1S/C27H25ClN2O4/c28-22-5-1-2-6-23(22)30-26(34)29-21-13-11-19(12-14-21)18-7-9-20(10-8-18)24(31)17-27(25(32)33)15-3-4-16-27/h1-2,5-14H,3-4,15-17H2,(H,32,33)(H2,29,30,34). The highest BCUT2D eigenvalue weighted by Gasteiger charge is 2.42. The summed E-state index contributed by atoms with van der Waals surface area (Å²) in [7, 11) is 0. The van der Waals surface area contributed by atoms with Crippen molar-refractivity contribution in [2.45, 2.75) is 32.1 Å². The monoisotopic (exact) mass is 476 g/mol. The molecule has 0 heterocycles. The van der Waals surface area contributed by atoms with E-state index in [9.17, 15) is 19.5 Å². The first-order valence-electron chi connectivity index (χ1n) is 11.2. The van der Waals surface area contributed by atoms with Gasteiger partial charge in [-0.25, -0.2) is 4.79 Å². The second-order valence-corrected chi connectivity index (χ2v) is 9.01. The zero-order valence-electron chi connectivity index (χ0n) is 18.5. The summed E-state index contributed by atoms with van der Waals surface area (Å²) < 4.78 is 0. The van der Waals surface area contributed by atoms with Crippen molar-refractivity contribution in [1.29, 1.82) is 0 Å². The number of nitrogens with one attached hydrogen (secondary N) is 2. The Labute approximate surface area is 203 Å². The fourth-order valence-corrected chi connectivity index (χ4v) is 4.55. The fourth-order valence-electron chi connectivity index (χ4n) is 4.37. The van der Waals surface area contributed by atoms with Gasteiger partial charge in [-0.1, -0.05) is 73.0 Å². The molecular formula is C27H25ClN2O4. The topological polar surface area (TPSA) is 95.5 Å². The molecule has 0 saturated heterocycles. The average Bonchev–Trinajstić information content (AvgIpc) is 3.31. The van der Waals surface area contributed by atoms with E-state index in [0.29, 0.717) is 34.8 Å². The van der Waals surface area contributed by atoms with E-state index in [0.717, 1.165) is 24.0 Å². The summed E-state index contributed by atoms with van der Waals surface area (Å²) in [6, 6.07) is 21.1. The van der Waals surface area contributed by atoms with Gasteiger partial charge in [0.25, 0.3) is 0 Å². The molecule has 0 spiro atoms. The summed E-state index contributed by atoms with van der Waals surface area (Å²) in [5, 5.41) is 15.6. The van der Waals surface area contributed by atoms with Crippen molar-refractivity contribution < 1.29 is 19.5 Å². The number of hydrogen-bond acceptors (Lipinski definition) is 3. The van der Waals surface area contributed by atoms with Gasteiger partial charge in [0.1, 0.15) is 0 Å². The molecule has 3 aromatic carbocycles. The number of benzene rings is 3. The largest absolute Gasteiger partial charge is 0.481 e. The van der Waals surface area contributed by atoms with E-state index in [-0.39, 0.29) is 12.2 Å². The highest BCUT2D eigenvalue weighted by Crippen LogP contribution is 2.42. The van der Waals surface area contributed by atoms with E-state index in [4.69, 9.17) is 11.6 Å². The van der Waals surface area contributed by atoms with Crippen molar-refractivity contribution in [2.24, 2.45) is 5.41 Å². The number of rotatable bonds is 7. The van der Waals surface area contributed by atoms with Gasteiger partial charge in [0, 0.05) is 17.7 Å². The normalized spacial score (nSPS) is 14.4. The molecule has 1 aliphatic rings. The van der Waals surface area contributed by atoms with Gasteiger partial charge in [0.15, 0.2) is 5.78 Å². The van der Waals surface area contributed by atoms with Crippen LogP contribution in [0.4, 0.5) is 16.2 Å². The van der Waals surface area contributed by atoms with E-state index in [1.54, 1.807) is 48.5 Å². The molecule has 4 rings (SSSR count). The first kappa shape index (κ1) is 23.5. The lowest BCUT2D eigenvalue weighted by molar-refractivity contribution is -0.148. The number of para-hydroxylation sites is 1. The summed E-state index contributed by atoms with van der Waals surface area (Å²) in [6.45, 7) is 0. The van der Waals surface area contributed by atoms with E-state index >= 15 is 0 Å². The molecule has 0 aliphatic heterocycles. The van der Waals surface area contributed by atoms with Crippen LogP contribution in [0.15, 0.2) is 72.8 Å². The van der Waals surface area contributed by atoms with Crippen LogP contribution in [-0.4, -0.2) is 22.9 Å². The van der Waals surface area contributed by atoms with Crippen LogP contribution in [0.25, 0.3) is 11.1 Å². The predicted octanol–water partition coefficient (Wildman–Crippen LogP) is 6.87. The molecule has 34 heavy (non-hydrogen) atoms. The van der Waals surface area contributed by atoms with Gasteiger partial charge >= 0.3 is 12.0 Å². The molecule has 0 unspecified atom stereocenters. The van der Waals surface area contributed by atoms with Crippen LogP contribution >= 0.6 is 11.6 Å². The van der Waals surface area contributed by atoms with Crippen LogP contribution in [0.5, 0.6) is 0 Å². The zero-order valence-corrected chi connectivity index (χ0v) is 19.3. The highest BCUT2D eigenvalue weighted by molar-refractivity contribution is 6.33. The average molecular weight is 477 g/mol. The number of ketones is 1. The Morgan fingerprint density at radius 3 is 2.00 bits per heavy atom. The van der Waals surface area contributed by atoms with Crippen molar-refractivity contribution in [3.05, 3.63) is 83.4 Å². The van der Waals surface area contributed by atoms with Crippen LogP contribution in [0, 0.1) is 5.41 Å². The molecule has 1 aliphatic carbocycles. The van der Waals surface area contributed by atoms with Gasteiger partial charge in [-0.15, -0.1) is 0 Å². The van der Waals surface area contributed by atoms with Crippen LogP contribution in [0.2, 0.25) is 5.02 Å². The Kier molecular flexibility index (Phi) is 6.98. The molecule has 0 atom stereocenters. The molecule has 7 heteroatoms. The Morgan fingerprint density at radius 2 is 1.41 bits per heavy atom. The molecule has 3 N–H and O–H groups in total. The molecule has 3 aromatic rings. The maximum Gasteiger partial charge on any atom is 0.323 e. The first-order valence-corrected chi connectivity index (χ1v) is 11.5. The zero-order chi connectivity index (χ0) is 24.1. The van der Waals surface area contributed by atoms with Crippen molar-refractivity contribution in [3.63, 3.8) is 0 Å². The van der Waals surface area contributed by atoms with Gasteiger partial charge in [0.2, 0.25) is 0 Å². The van der Waals surface area contributed by atoms with Crippen LogP contribution < -0.4 is 10.6 Å². The van der Waals surface area contributed by atoms with Gasteiger partial charge in [-0.2, -0.15) is 0 Å². The quantitative estimate of drug-likeness (QED) is 0.324. The Bertz CT molecular complexity index is 1200. The second-order valence-electron chi connectivity index (χ2n) is 8.61. The van der Waals surface area contributed by atoms with Crippen LogP contribution in [0.3, 0.4) is 0 Å². The van der Waals surface area contributed by atoms with Gasteiger partial charge in [-0.05, 0) is 48.2 Å². The highest BCUT2D eigenvalue weighted by atomic mass is 35.5. The molecule has 6 nitrogen and oxygen atoms in total. The van der Waals surface area contributed by atoms with E-state index in [1.165, 1.54) is 0 Å². The number of urea groups is 1. The number of halogens is 1. The molecule has 1 fully saturated rings. The molecule has 2 amide bonds. The summed E-state index contributed by atoms with van der Waals surface area (Å²) in [6.07, 6.45) is 2.86. The van der Waals surface area contributed by atoms with E-state index < -0.39 is 17.4 Å². The molecular weight excluding hydrogens is 452 g/mol. The molecule has 0 radical (unpaired) electrons. The summed E-state index contributed by atoms with van der Waals surface area (Å²) >= 11 is 6.06. The SMILES string of the molecule is O=C(Nc1ccc(-c2ccc(C(=O)CC3(C(=O)O)CCCC3)cc2)cc1)Nc1ccccc1Cl. The number of aliphatic carboxylic acids is 1. The van der Waals surface area contributed by atoms with Gasteiger partial charge < -0.3 is 15.7 Å². The third-order valence-corrected chi connectivity index (χ3v) is 6.65. The lowest BCUT2D eigenvalue weighted by Gasteiger charge is -2.22. The van der Waals surface area contributed by atoms with Gasteiger partial charge in [-0.3, -0.25) is 9.59 Å². The third kappa shape index (κ3) is 5.29. The smallest absolute Gasteiger partial charge is 0.323 e. The number of Topliss-reactive ketones (excluding diaryl/α,β-unsaturated/α-hetero) is 1. The van der Waals surface area contributed by atoms with Crippen LogP contribution in [0.1, 0.15) is 42.5 Å². The number of carboxylic acid groups (broad SMARTS) is 1. The fraction of sp³-hybridized carbons (Fsp3) is 0.222.